The van der Waals surface area contributed by atoms with Crippen molar-refractivity contribution in [1.29, 1.82) is 0 Å². The number of rotatable bonds is 2. The normalized spacial score (nSPS) is 22.5. The van der Waals surface area contributed by atoms with Gasteiger partial charge in [0.1, 0.15) is 5.69 Å². The Morgan fingerprint density at radius 1 is 1.08 bits per heavy atom. The zero-order chi connectivity index (χ0) is 18.3. The van der Waals surface area contributed by atoms with Crippen molar-refractivity contribution in [3.05, 3.63) is 59.4 Å². The molecule has 2 amide bonds. The fourth-order valence-electron chi connectivity index (χ4n) is 4.06. The van der Waals surface area contributed by atoms with Gasteiger partial charge in [-0.3, -0.25) is 9.59 Å². The van der Waals surface area contributed by atoms with Gasteiger partial charge in [-0.1, -0.05) is 23.8 Å². The first-order valence-corrected chi connectivity index (χ1v) is 9.06. The topological polar surface area (TPSA) is 53.5 Å². The maximum atomic E-state index is 12.8. The largest absolute Gasteiger partial charge is 0.337 e. The van der Waals surface area contributed by atoms with Crippen LogP contribution < -0.4 is 4.90 Å². The molecule has 1 spiro atoms. The van der Waals surface area contributed by atoms with Crippen molar-refractivity contribution >= 4 is 17.5 Å². The molecule has 2 saturated heterocycles. The van der Waals surface area contributed by atoms with Crippen molar-refractivity contribution in [3.63, 3.8) is 0 Å². The third kappa shape index (κ3) is 2.98. The van der Waals surface area contributed by atoms with E-state index in [1.54, 1.807) is 6.07 Å². The molecule has 4 rings (SSSR count). The van der Waals surface area contributed by atoms with Gasteiger partial charge in [-0.05, 0) is 44.5 Å². The Morgan fingerprint density at radius 2 is 1.85 bits per heavy atom. The lowest BCUT2D eigenvalue weighted by atomic mass is 9.86. The summed E-state index contributed by atoms with van der Waals surface area (Å²) in [5.41, 5.74) is 3.32. The van der Waals surface area contributed by atoms with E-state index in [0.29, 0.717) is 31.7 Å². The van der Waals surface area contributed by atoms with Crippen LogP contribution in [0.1, 0.15) is 34.6 Å². The molecule has 0 N–H and O–H groups in total. The summed E-state index contributed by atoms with van der Waals surface area (Å²) in [7, 11) is 0. The third-order valence-electron chi connectivity index (χ3n) is 5.50. The number of hydrogen-bond donors (Lipinski definition) is 0. The lowest BCUT2D eigenvalue weighted by Crippen LogP contribution is -2.34. The van der Waals surface area contributed by atoms with E-state index in [0.717, 1.165) is 17.8 Å². The molecule has 3 heterocycles. The highest BCUT2D eigenvalue weighted by molar-refractivity contribution is 5.97. The number of aryl methyl sites for hydroxylation is 2. The van der Waals surface area contributed by atoms with E-state index in [4.69, 9.17) is 0 Å². The first-order valence-electron chi connectivity index (χ1n) is 9.06. The van der Waals surface area contributed by atoms with Crippen LogP contribution in [0.3, 0.4) is 0 Å². The molecule has 0 aliphatic carbocycles. The quantitative estimate of drug-likeness (QED) is 0.838. The summed E-state index contributed by atoms with van der Waals surface area (Å²) < 4.78 is 0. The van der Waals surface area contributed by atoms with Gasteiger partial charge in [0.25, 0.3) is 5.91 Å². The van der Waals surface area contributed by atoms with Gasteiger partial charge >= 0.3 is 0 Å². The molecule has 1 aromatic heterocycles. The molecular formula is C21H23N3O2. The molecule has 2 fully saturated rings. The number of likely N-dealkylation sites (tertiary alicyclic amines) is 1. The van der Waals surface area contributed by atoms with E-state index in [2.05, 4.69) is 4.98 Å². The minimum atomic E-state index is -0.137. The van der Waals surface area contributed by atoms with Gasteiger partial charge in [-0.25, -0.2) is 4.98 Å². The number of nitrogens with zero attached hydrogens (tertiary/aromatic N) is 3. The van der Waals surface area contributed by atoms with Crippen LogP contribution in [0, 0.1) is 19.3 Å². The first kappa shape index (κ1) is 16.8. The molecule has 1 atom stereocenters. The molecule has 0 bridgehead atoms. The Bertz CT molecular complexity index is 862. The smallest absolute Gasteiger partial charge is 0.272 e. The zero-order valence-electron chi connectivity index (χ0n) is 15.2. The van der Waals surface area contributed by atoms with Gasteiger partial charge in [-0.2, -0.15) is 0 Å². The Labute approximate surface area is 153 Å². The van der Waals surface area contributed by atoms with E-state index in [-0.39, 0.29) is 17.2 Å². The molecule has 1 unspecified atom stereocenters. The van der Waals surface area contributed by atoms with E-state index in [1.807, 2.05) is 60.0 Å². The molecule has 2 aliphatic heterocycles. The molecule has 1 aromatic carbocycles. The summed E-state index contributed by atoms with van der Waals surface area (Å²) in [6, 6.07) is 13.6. The minimum absolute atomic E-state index is 0.0354. The molecule has 0 saturated carbocycles. The first-order chi connectivity index (χ1) is 12.5. The third-order valence-corrected chi connectivity index (χ3v) is 5.50. The summed E-state index contributed by atoms with van der Waals surface area (Å²) >= 11 is 0. The number of pyridine rings is 1. The molecule has 26 heavy (non-hydrogen) atoms. The average molecular weight is 349 g/mol. The molecule has 5 heteroatoms. The predicted octanol–water partition coefficient (Wildman–Crippen LogP) is 2.97. The van der Waals surface area contributed by atoms with Gasteiger partial charge in [-0.15, -0.1) is 0 Å². The Kier molecular flexibility index (Phi) is 4.02. The van der Waals surface area contributed by atoms with Crippen molar-refractivity contribution in [3.8, 4) is 0 Å². The van der Waals surface area contributed by atoms with E-state index >= 15 is 0 Å². The summed E-state index contributed by atoms with van der Waals surface area (Å²) in [6.45, 7) is 5.91. The minimum Gasteiger partial charge on any atom is -0.337 e. The second kappa shape index (κ2) is 6.24. The predicted molar refractivity (Wildman–Crippen MR) is 100 cm³/mol. The number of carbonyl (C=O) groups is 2. The Morgan fingerprint density at radius 3 is 2.58 bits per heavy atom. The molecule has 134 valence electrons. The van der Waals surface area contributed by atoms with Gasteiger partial charge in [0, 0.05) is 42.9 Å². The molecule has 5 nitrogen and oxygen atoms in total. The van der Waals surface area contributed by atoms with Crippen molar-refractivity contribution in [2.24, 2.45) is 5.41 Å². The second-order valence-electron chi connectivity index (χ2n) is 7.63. The van der Waals surface area contributed by atoms with Crippen molar-refractivity contribution in [2.75, 3.05) is 24.5 Å². The zero-order valence-corrected chi connectivity index (χ0v) is 15.2. The van der Waals surface area contributed by atoms with Crippen molar-refractivity contribution in [1.82, 2.24) is 9.88 Å². The number of amides is 2. The number of hydrogen-bond acceptors (Lipinski definition) is 3. The van der Waals surface area contributed by atoms with Crippen LogP contribution in [0.25, 0.3) is 0 Å². The van der Waals surface area contributed by atoms with Crippen molar-refractivity contribution in [2.45, 2.75) is 26.7 Å². The monoisotopic (exact) mass is 349 g/mol. The van der Waals surface area contributed by atoms with Crippen molar-refractivity contribution < 1.29 is 9.59 Å². The van der Waals surface area contributed by atoms with Gasteiger partial charge in [0.05, 0.1) is 0 Å². The van der Waals surface area contributed by atoms with Crippen LogP contribution in [0.2, 0.25) is 0 Å². The SMILES string of the molecule is Cc1ccc(N2CC3(CCN(C(=O)c4cccc(C)n4)C3)CC2=O)cc1. The summed E-state index contributed by atoms with van der Waals surface area (Å²) in [4.78, 5) is 33.5. The summed E-state index contributed by atoms with van der Waals surface area (Å²) in [5, 5.41) is 0. The second-order valence-corrected chi connectivity index (χ2v) is 7.63. The summed E-state index contributed by atoms with van der Waals surface area (Å²) in [5.74, 6) is 0.114. The maximum absolute atomic E-state index is 12.8. The lowest BCUT2D eigenvalue weighted by molar-refractivity contribution is -0.117. The number of anilines is 1. The van der Waals surface area contributed by atoms with Gasteiger partial charge in [0.15, 0.2) is 0 Å². The highest BCUT2D eigenvalue weighted by atomic mass is 16.2. The van der Waals surface area contributed by atoms with E-state index in [9.17, 15) is 9.59 Å². The molecule has 2 aliphatic rings. The van der Waals surface area contributed by atoms with Gasteiger partial charge in [0.2, 0.25) is 5.91 Å². The number of benzene rings is 1. The Balaban J connectivity index is 1.50. The number of carbonyl (C=O) groups excluding carboxylic acids is 2. The van der Waals surface area contributed by atoms with Crippen LogP contribution in [-0.4, -0.2) is 41.3 Å². The van der Waals surface area contributed by atoms with Crippen LogP contribution in [0.5, 0.6) is 0 Å². The molecule has 0 radical (unpaired) electrons. The van der Waals surface area contributed by atoms with E-state index < -0.39 is 0 Å². The summed E-state index contributed by atoms with van der Waals surface area (Å²) in [6.07, 6.45) is 1.37. The van der Waals surface area contributed by atoms with Crippen LogP contribution >= 0.6 is 0 Å². The highest BCUT2D eigenvalue weighted by Crippen LogP contribution is 2.42. The standard InChI is InChI=1S/C21H23N3O2/c1-15-6-8-17(9-7-15)24-14-21(12-19(24)25)10-11-23(13-21)20(26)18-5-3-4-16(2)22-18/h3-9H,10-14H2,1-2H3. The Hall–Kier alpha value is -2.69. The maximum Gasteiger partial charge on any atom is 0.272 e. The lowest BCUT2D eigenvalue weighted by Gasteiger charge is -2.24. The molecular weight excluding hydrogens is 326 g/mol. The molecule has 2 aromatic rings. The van der Waals surface area contributed by atoms with Gasteiger partial charge < -0.3 is 9.80 Å². The fourth-order valence-corrected chi connectivity index (χ4v) is 4.06. The van der Waals surface area contributed by atoms with E-state index in [1.165, 1.54) is 5.56 Å². The van der Waals surface area contributed by atoms with Crippen LogP contribution in [0.15, 0.2) is 42.5 Å². The van der Waals surface area contributed by atoms with Crippen LogP contribution in [0.4, 0.5) is 5.69 Å². The van der Waals surface area contributed by atoms with Crippen LogP contribution in [-0.2, 0) is 4.79 Å². The fraction of sp³-hybridized carbons (Fsp3) is 0.381. The average Bonchev–Trinajstić information content (AvgIpc) is 3.18. The number of aromatic nitrogens is 1. The highest BCUT2D eigenvalue weighted by Gasteiger charge is 2.48.